The van der Waals surface area contributed by atoms with Crippen LogP contribution in [0.25, 0.3) is 0 Å². The number of hydrogen-bond donors (Lipinski definition) is 2. The number of aliphatic carboxylic acids is 1. The molecule has 0 aliphatic heterocycles. The third kappa shape index (κ3) is 2.53. The average molecular weight is 237 g/mol. The van der Waals surface area contributed by atoms with Gasteiger partial charge in [0, 0.05) is 6.20 Å². The van der Waals surface area contributed by atoms with Crippen LogP contribution in [-0.2, 0) is 11.2 Å². The SMILES string of the molecule is Nc1ncc(Cl)c(CC(=O)O)c1C(F)F. The Hall–Kier alpha value is -1.43. The molecule has 0 fully saturated rings. The minimum atomic E-state index is -2.90. The number of carboxylic acids is 1. The minimum absolute atomic E-state index is 0.123. The van der Waals surface area contributed by atoms with Crippen LogP contribution in [0.3, 0.4) is 0 Å². The van der Waals surface area contributed by atoms with Crippen molar-refractivity contribution in [2.24, 2.45) is 0 Å². The van der Waals surface area contributed by atoms with Crippen molar-refractivity contribution in [2.45, 2.75) is 12.8 Å². The zero-order valence-corrected chi connectivity index (χ0v) is 8.13. The second-order valence-corrected chi connectivity index (χ2v) is 3.16. The zero-order valence-electron chi connectivity index (χ0n) is 7.38. The maximum atomic E-state index is 12.5. The van der Waals surface area contributed by atoms with Crippen molar-refractivity contribution < 1.29 is 18.7 Å². The fourth-order valence-corrected chi connectivity index (χ4v) is 1.35. The molecule has 82 valence electrons. The van der Waals surface area contributed by atoms with Gasteiger partial charge in [0.25, 0.3) is 6.43 Å². The summed E-state index contributed by atoms with van der Waals surface area (Å²) < 4.78 is 25.1. The predicted octanol–water partition coefficient (Wildman–Crippen LogP) is 1.88. The molecule has 1 rings (SSSR count). The van der Waals surface area contributed by atoms with E-state index < -0.39 is 30.2 Å². The maximum absolute atomic E-state index is 12.5. The van der Waals surface area contributed by atoms with Gasteiger partial charge in [0.15, 0.2) is 0 Å². The molecule has 0 aliphatic rings. The van der Waals surface area contributed by atoms with Gasteiger partial charge in [0.2, 0.25) is 0 Å². The lowest BCUT2D eigenvalue weighted by atomic mass is 10.1. The number of halogens is 3. The lowest BCUT2D eigenvalue weighted by Crippen LogP contribution is -2.09. The van der Waals surface area contributed by atoms with Crippen LogP contribution < -0.4 is 5.73 Å². The largest absolute Gasteiger partial charge is 0.481 e. The number of carbonyl (C=O) groups is 1. The summed E-state index contributed by atoms with van der Waals surface area (Å²) in [6, 6.07) is 0. The van der Waals surface area contributed by atoms with E-state index in [9.17, 15) is 13.6 Å². The van der Waals surface area contributed by atoms with E-state index in [1.54, 1.807) is 0 Å². The molecule has 0 amide bonds. The highest BCUT2D eigenvalue weighted by molar-refractivity contribution is 6.31. The number of nitrogen functional groups attached to an aromatic ring is 1. The Morgan fingerprint density at radius 1 is 1.67 bits per heavy atom. The number of aromatic nitrogens is 1. The molecular formula is C8H7ClF2N2O2. The lowest BCUT2D eigenvalue weighted by Gasteiger charge is -2.10. The molecule has 1 aromatic rings. The van der Waals surface area contributed by atoms with Crippen LogP contribution in [0.4, 0.5) is 14.6 Å². The molecule has 0 bridgehead atoms. The molecule has 0 aromatic carbocycles. The molecule has 0 aliphatic carbocycles. The van der Waals surface area contributed by atoms with Gasteiger partial charge in [-0.05, 0) is 5.56 Å². The fraction of sp³-hybridized carbons (Fsp3) is 0.250. The van der Waals surface area contributed by atoms with Gasteiger partial charge in [-0.1, -0.05) is 11.6 Å². The standard InChI is InChI=1S/C8H7ClF2N2O2/c9-4-2-13-8(12)6(7(10)11)3(4)1-5(14)15/h2,7H,1H2,(H2,12,13)(H,14,15). The van der Waals surface area contributed by atoms with Crippen molar-refractivity contribution in [1.29, 1.82) is 0 Å². The van der Waals surface area contributed by atoms with E-state index in [2.05, 4.69) is 4.98 Å². The fourth-order valence-electron chi connectivity index (χ4n) is 1.13. The van der Waals surface area contributed by atoms with E-state index in [0.29, 0.717) is 0 Å². The molecule has 0 spiro atoms. The highest BCUT2D eigenvalue weighted by atomic mass is 35.5. The summed E-state index contributed by atoms with van der Waals surface area (Å²) in [5.41, 5.74) is 4.43. The summed E-state index contributed by atoms with van der Waals surface area (Å²) in [5, 5.41) is 8.40. The molecule has 1 heterocycles. The normalized spacial score (nSPS) is 10.7. The zero-order chi connectivity index (χ0) is 11.6. The third-order valence-electron chi connectivity index (χ3n) is 1.75. The first-order valence-electron chi connectivity index (χ1n) is 3.86. The van der Waals surface area contributed by atoms with Gasteiger partial charge in [-0.25, -0.2) is 13.8 Å². The Kier molecular flexibility index (Phi) is 3.41. The Labute approximate surface area is 88.7 Å². The quantitative estimate of drug-likeness (QED) is 0.840. The first-order valence-corrected chi connectivity index (χ1v) is 4.24. The van der Waals surface area contributed by atoms with E-state index >= 15 is 0 Å². The monoisotopic (exact) mass is 236 g/mol. The van der Waals surface area contributed by atoms with Crippen LogP contribution in [0.2, 0.25) is 5.02 Å². The number of anilines is 1. The number of alkyl halides is 2. The second-order valence-electron chi connectivity index (χ2n) is 2.75. The summed E-state index contributed by atoms with van der Waals surface area (Å²) in [5.74, 6) is -1.66. The van der Waals surface area contributed by atoms with E-state index in [-0.39, 0.29) is 10.6 Å². The predicted molar refractivity (Wildman–Crippen MR) is 50.0 cm³/mol. The summed E-state index contributed by atoms with van der Waals surface area (Å²) >= 11 is 5.57. The van der Waals surface area contributed by atoms with E-state index in [0.717, 1.165) is 6.20 Å². The van der Waals surface area contributed by atoms with Crippen LogP contribution in [0.1, 0.15) is 17.6 Å². The van der Waals surface area contributed by atoms with E-state index in [1.165, 1.54) is 0 Å². The molecule has 7 heteroatoms. The Balaban J connectivity index is 3.31. The van der Waals surface area contributed by atoms with Gasteiger partial charge in [-0.2, -0.15) is 0 Å². The van der Waals surface area contributed by atoms with E-state index in [4.69, 9.17) is 22.4 Å². The van der Waals surface area contributed by atoms with Gasteiger partial charge < -0.3 is 10.8 Å². The summed E-state index contributed by atoms with van der Waals surface area (Å²) in [6.45, 7) is 0. The molecule has 0 saturated carbocycles. The smallest absolute Gasteiger partial charge is 0.307 e. The lowest BCUT2D eigenvalue weighted by molar-refractivity contribution is -0.136. The van der Waals surface area contributed by atoms with Gasteiger partial charge in [-0.3, -0.25) is 4.79 Å². The van der Waals surface area contributed by atoms with E-state index in [1.807, 2.05) is 0 Å². The van der Waals surface area contributed by atoms with Crippen molar-refractivity contribution >= 4 is 23.4 Å². The molecule has 0 atom stereocenters. The molecule has 3 N–H and O–H groups in total. The third-order valence-corrected chi connectivity index (χ3v) is 2.08. The van der Waals surface area contributed by atoms with Gasteiger partial charge in [0.1, 0.15) is 5.82 Å². The topological polar surface area (TPSA) is 76.2 Å². The second kappa shape index (κ2) is 4.39. The average Bonchev–Trinajstić information content (AvgIpc) is 2.10. The van der Waals surface area contributed by atoms with Crippen LogP contribution >= 0.6 is 11.6 Å². The molecule has 0 unspecified atom stereocenters. The number of nitrogens with zero attached hydrogens (tertiary/aromatic N) is 1. The van der Waals surface area contributed by atoms with Crippen molar-refractivity contribution in [1.82, 2.24) is 4.98 Å². The Bertz CT molecular complexity index is 398. The number of pyridine rings is 1. The van der Waals surface area contributed by atoms with Crippen molar-refractivity contribution in [3.05, 3.63) is 22.3 Å². The molecule has 15 heavy (non-hydrogen) atoms. The molecular weight excluding hydrogens is 230 g/mol. The summed E-state index contributed by atoms with van der Waals surface area (Å²) in [6.07, 6.45) is -2.45. The Morgan fingerprint density at radius 2 is 2.27 bits per heavy atom. The molecule has 1 aromatic heterocycles. The van der Waals surface area contributed by atoms with Crippen LogP contribution in [0.5, 0.6) is 0 Å². The van der Waals surface area contributed by atoms with Crippen molar-refractivity contribution in [3.63, 3.8) is 0 Å². The van der Waals surface area contributed by atoms with Gasteiger partial charge in [-0.15, -0.1) is 0 Å². The van der Waals surface area contributed by atoms with Crippen LogP contribution in [-0.4, -0.2) is 16.1 Å². The molecule has 4 nitrogen and oxygen atoms in total. The highest BCUT2D eigenvalue weighted by Gasteiger charge is 2.21. The molecule has 0 radical (unpaired) electrons. The van der Waals surface area contributed by atoms with Gasteiger partial charge >= 0.3 is 5.97 Å². The van der Waals surface area contributed by atoms with Crippen molar-refractivity contribution in [3.8, 4) is 0 Å². The highest BCUT2D eigenvalue weighted by Crippen LogP contribution is 2.31. The maximum Gasteiger partial charge on any atom is 0.307 e. The Morgan fingerprint density at radius 3 is 2.73 bits per heavy atom. The minimum Gasteiger partial charge on any atom is -0.481 e. The number of nitrogens with two attached hydrogens (primary N) is 1. The van der Waals surface area contributed by atoms with Gasteiger partial charge in [0.05, 0.1) is 17.0 Å². The molecule has 0 saturated heterocycles. The number of rotatable bonds is 3. The van der Waals surface area contributed by atoms with Crippen molar-refractivity contribution in [2.75, 3.05) is 5.73 Å². The summed E-state index contributed by atoms with van der Waals surface area (Å²) in [7, 11) is 0. The first kappa shape index (κ1) is 11.6. The summed E-state index contributed by atoms with van der Waals surface area (Å²) in [4.78, 5) is 13.9. The van der Waals surface area contributed by atoms with Crippen LogP contribution in [0.15, 0.2) is 6.20 Å². The number of hydrogen-bond acceptors (Lipinski definition) is 3. The number of carboxylic acid groups (broad SMARTS) is 1. The first-order chi connectivity index (χ1) is 6.93. The van der Waals surface area contributed by atoms with Crippen LogP contribution in [0, 0.1) is 0 Å².